The zero-order chi connectivity index (χ0) is 22.0. The lowest BCUT2D eigenvalue weighted by molar-refractivity contribution is -0.119. The maximum absolute atomic E-state index is 12.8. The highest BCUT2D eigenvalue weighted by Crippen LogP contribution is 2.35. The molecule has 0 fully saturated rings. The SMILES string of the molecule is CC(=O)NCc1ccc(-c2nc(NC(=O)c3sc(-c4ncccn4)nc3C)sc2C)s1. The Balaban J connectivity index is 1.50. The summed E-state index contributed by atoms with van der Waals surface area (Å²) in [6.45, 7) is 5.75. The summed E-state index contributed by atoms with van der Waals surface area (Å²) in [5.74, 6) is 0.176. The Bertz CT molecular complexity index is 1250. The van der Waals surface area contributed by atoms with Crippen LogP contribution in [0.5, 0.6) is 0 Å². The predicted molar refractivity (Wildman–Crippen MR) is 124 cm³/mol. The van der Waals surface area contributed by atoms with Gasteiger partial charge in [0, 0.05) is 29.1 Å². The lowest BCUT2D eigenvalue weighted by atomic mass is 10.3. The molecule has 31 heavy (non-hydrogen) atoms. The number of nitrogens with one attached hydrogen (secondary N) is 2. The highest BCUT2D eigenvalue weighted by Gasteiger charge is 2.20. The Labute approximate surface area is 190 Å². The minimum Gasteiger partial charge on any atom is -0.351 e. The fourth-order valence-electron chi connectivity index (χ4n) is 2.76. The third-order valence-corrected chi connectivity index (χ3v) is 7.31. The number of thiazole rings is 2. The molecule has 11 heteroatoms. The molecule has 0 aliphatic heterocycles. The number of hydrogen-bond donors (Lipinski definition) is 2. The molecule has 0 atom stereocenters. The average Bonchev–Trinajstić information content (AvgIpc) is 3.45. The van der Waals surface area contributed by atoms with E-state index in [4.69, 9.17) is 0 Å². The molecular weight excluding hydrogens is 452 g/mol. The quantitative estimate of drug-likeness (QED) is 0.435. The molecular formula is C20H18N6O2S3. The Morgan fingerprint density at radius 1 is 1.03 bits per heavy atom. The van der Waals surface area contributed by atoms with Crippen LogP contribution in [0.3, 0.4) is 0 Å². The lowest BCUT2D eigenvalue weighted by Gasteiger charge is -1.99. The summed E-state index contributed by atoms with van der Waals surface area (Å²) in [5, 5.41) is 6.81. The lowest BCUT2D eigenvalue weighted by Crippen LogP contribution is -2.17. The van der Waals surface area contributed by atoms with Gasteiger partial charge in [-0.2, -0.15) is 0 Å². The van der Waals surface area contributed by atoms with Gasteiger partial charge in [-0.1, -0.05) is 0 Å². The molecule has 0 saturated heterocycles. The minimum absolute atomic E-state index is 0.0647. The van der Waals surface area contributed by atoms with Crippen molar-refractivity contribution in [2.45, 2.75) is 27.3 Å². The molecule has 0 aromatic carbocycles. The summed E-state index contributed by atoms with van der Waals surface area (Å²) < 4.78 is 0. The number of amides is 2. The number of carbonyl (C=O) groups excluding carboxylic acids is 2. The maximum atomic E-state index is 12.8. The second-order valence-electron chi connectivity index (χ2n) is 6.56. The summed E-state index contributed by atoms with van der Waals surface area (Å²) >= 11 is 4.25. The van der Waals surface area contributed by atoms with Crippen LogP contribution < -0.4 is 10.6 Å². The van der Waals surface area contributed by atoms with Gasteiger partial charge in [-0.05, 0) is 32.0 Å². The van der Waals surface area contributed by atoms with Crippen molar-refractivity contribution in [3.05, 3.63) is 50.9 Å². The maximum Gasteiger partial charge on any atom is 0.269 e. The molecule has 0 bridgehead atoms. The molecule has 0 spiro atoms. The van der Waals surface area contributed by atoms with Crippen molar-refractivity contribution < 1.29 is 9.59 Å². The van der Waals surface area contributed by atoms with Crippen LogP contribution in [0.15, 0.2) is 30.6 Å². The largest absolute Gasteiger partial charge is 0.351 e. The molecule has 4 heterocycles. The molecule has 2 amide bonds. The predicted octanol–water partition coefficient (Wildman–Crippen LogP) is 4.29. The van der Waals surface area contributed by atoms with Crippen LogP contribution in [0.2, 0.25) is 0 Å². The van der Waals surface area contributed by atoms with Gasteiger partial charge in [0.1, 0.15) is 4.88 Å². The second kappa shape index (κ2) is 9.00. The van der Waals surface area contributed by atoms with E-state index in [1.54, 1.807) is 36.7 Å². The Hall–Kier alpha value is -3.02. The van der Waals surface area contributed by atoms with Crippen LogP contribution in [-0.4, -0.2) is 31.8 Å². The van der Waals surface area contributed by atoms with E-state index in [1.165, 1.54) is 29.6 Å². The summed E-state index contributed by atoms with van der Waals surface area (Å²) in [7, 11) is 0. The zero-order valence-electron chi connectivity index (χ0n) is 16.9. The summed E-state index contributed by atoms with van der Waals surface area (Å²) in [5.41, 5.74) is 1.46. The topological polar surface area (TPSA) is 110 Å². The van der Waals surface area contributed by atoms with Gasteiger partial charge >= 0.3 is 0 Å². The van der Waals surface area contributed by atoms with E-state index >= 15 is 0 Å². The second-order valence-corrected chi connectivity index (χ2v) is 9.93. The van der Waals surface area contributed by atoms with E-state index in [9.17, 15) is 9.59 Å². The van der Waals surface area contributed by atoms with Crippen molar-refractivity contribution in [2.75, 3.05) is 5.32 Å². The molecule has 0 aliphatic carbocycles. The van der Waals surface area contributed by atoms with E-state index in [1.807, 2.05) is 19.1 Å². The van der Waals surface area contributed by atoms with Gasteiger partial charge in [0.05, 0.1) is 22.8 Å². The number of aryl methyl sites for hydroxylation is 2. The van der Waals surface area contributed by atoms with Gasteiger partial charge in [0.2, 0.25) is 5.91 Å². The summed E-state index contributed by atoms with van der Waals surface area (Å²) in [6, 6.07) is 5.69. The van der Waals surface area contributed by atoms with Crippen LogP contribution in [0.1, 0.15) is 32.0 Å². The first-order valence-corrected chi connectivity index (χ1v) is 11.7. The summed E-state index contributed by atoms with van der Waals surface area (Å²) in [6.07, 6.45) is 3.29. The summed E-state index contributed by atoms with van der Waals surface area (Å²) in [4.78, 5) is 44.9. The van der Waals surface area contributed by atoms with Gasteiger partial charge in [-0.25, -0.2) is 19.9 Å². The molecule has 0 unspecified atom stereocenters. The van der Waals surface area contributed by atoms with Crippen LogP contribution in [0.4, 0.5) is 5.13 Å². The van der Waals surface area contributed by atoms with Crippen molar-refractivity contribution in [1.82, 2.24) is 25.3 Å². The zero-order valence-corrected chi connectivity index (χ0v) is 19.4. The van der Waals surface area contributed by atoms with Crippen LogP contribution >= 0.6 is 34.0 Å². The smallest absolute Gasteiger partial charge is 0.269 e. The first-order valence-electron chi connectivity index (χ1n) is 9.28. The number of carbonyl (C=O) groups is 2. The van der Waals surface area contributed by atoms with Gasteiger partial charge in [-0.15, -0.1) is 34.0 Å². The van der Waals surface area contributed by atoms with E-state index in [2.05, 4.69) is 30.6 Å². The Morgan fingerprint density at radius 2 is 1.81 bits per heavy atom. The van der Waals surface area contributed by atoms with Gasteiger partial charge in [0.15, 0.2) is 16.0 Å². The van der Waals surface area contributed by atoms with E-state index in [-0.39, 0.29) is 11.8 Å². The molecule has 0 aliphatic rings. The van der Waals surface area contributed by atoms with Crippen molar-refractivity contribution in [2.24, 2.45) is 0 Å². The fraction of sp³-hybridized carbons (Fsp3) is 0.200. The molecule has 4 aromatic rings. The van der Waals surface area contributed by atoms with Crippen LogP contribution in [-0.2, 0) is 11.3 Å². The molecule has 158 valence electrons. The average molecular weight is 471 g/mol. The molecule has 4 rings (SSSR count). The molecule has 8 nitrogen and oxygen atoms in total. The van der Waals surface area contributed by atoms with E-state index in [0.29, 0.717) is 33.1 Å². The fourth-order valence-corrected chi connectivity index (χ4v) is 5.55. The number of nitrogens with zero attached hydrogens (tertiary/aromatic N) is 4. The molecule has 0 radical (unpaired) electrons. The Morgan fingerprint density at radius 3 is 2.55 bits per heavy atom. The number of anilines is 1. The third-order valence-electron chi connectivity index (χ3n) is 4.18. The molecule has 4 aromatic heterocycles. The van der Waals surface area contributed by atoms with Crippen LogP contribution in [0.25, 0.3) is 21.4 Å². The number of thiophene rings is 1. The van der Waals surface area contributed by atoms with Crippen molar-refractivity contribution in [3.8, 4) is 21.4 Å². The molecule has 0 saturated carbocycles. The normalized spacial score (nSPS) is 10.8. The van der Waals surface area contributed by atoms with Crippen molar-refractivity contribution >= 4 is 51.0 Å². The third kappa shape index (κ3) is 4.84. The number of rotatable bonds is 6. The monoisotopic (exact) mass is 470 g/mol. The standard InChI is InChI=1S/C20H18N6O2S3/c1-10-16(31-19(24-10)17-21-7-4-8-22-17)18(28)26-20-25-15(11(2)29-20)14-6-5-13(30-14)9-23-12(3)27/h4-8H,9H2,1-3H3,(H,23,27)(H,25,26,28). The van der Waals surface area contributed by atoms with Crippen molar-refractivity contribution in [3.63, 3.8) is 0 Å². The van der Waals surface area contributed by atoms with E-state index in [0.717, 1.165) is 20.3 Å². The first kappa shape index (κ1) is 21.2. The number of aromatic nitrogens is 4. The molecule has 2 N–H and O–H groups in total. The van der Waals surface area contributed by atoms with Crippen molar-refractivity contribution in [1.29, 1.82) is 0 Å². The van der Waals surface area contributed by atoms with Gasteiger partial charge in [0.25, 0.3) is 5.91 Å². The van der Waals surface area contributed by atoms with Crippen LogP contribution in [0, 0.1) is 13.8 Å². The first-order chi connectivity index (χ1) is 14.9. The van der Waals surface area contributed by atoms with Gasteiger partial charge < -0.3 is 5.32 Å². The highest BCUT2D eigenvalue weighted by molar-refractivity contribution is 7.18. The highest BCUT2D eigenvalue weighted by atomic mass is 32.1. The number of hydrogen-bond acceptors (Lipinski definition) is 9. The van der Waals surface area contributed by atoms with E-state index < -0.39 is 0 Å². The minimum atomic E-state index is -0.255. The Kier molecular flexibility index (Phi) is 6.16. The van der Waals surface area contributed by atoms with Gasteiger partial charge in [-0.3, -0.25) is 14.9 Å².